The lowest BCUT2D eigenvalue weighted by atomic mass is 9.98. The van der Waals surface area contributed by atoms with Crippen LogP contribution in [0.1, 0.15) is 39.5 Å². The maximum atomic E-state index is 3.36. The Labute approximate surface area is 96.9 Å². The number of hydrogen-bond acceptors (Lipinski definition) is 2. The van der Waals surface area contributed by atoms with Gasteiger partial charge in [0, 0.05) is 22.5 Å². The molecule has 1 heterocycles. The molecular formula is C13H19NS. The Balaban J connectivity index is 2.71. The van der Waals surface area contributed by atoms with E-state index in [1.165, 1.54) is 5.69 Å². The highest BCUT2D eigenvalue weighted by molar-refractivity contribution is 7.11. The zero-order chi connectivity index (χ0) is 11.5. The Morgan fingerprint density at radius 2 is 2.00 bits per heavy atom. The Morgan fingerprint density at radius 1 is 1.33 bits per heavy atom. The minimum atomic E-state index is 0.0790. The van der Waals surface area contributed by atoms with Crippen molar-refractivity contribution in [2.75, 3.05) is 5.32 Å². The van der Waals surface area contributed by atoms with Crippen LogP contribution in [-0.2, 0) is 0 Å². The van der Waals surface area contributed by atoms with Crippen molar-refractivity contribution in [3.63, 3.8) is 0 Å². The van der Waals surface area contributed by atoms with Crippen LogP contribution in [-0.4, -0.2) is 6.04 Å². The van der Waals surface area contributed by atoms with Crippen molar-refractivity contribution < 1.29 is 0 Å². The van der Waals surface area contributed by atoms with Crippen LogP contribution in [0.5, 0.6) is 0 Å². The highest BCUT2D eigenvalue weighted by Gasteiger charge is 2.04. The number of rotatable bonds is 2. The summed E-state index contributed by atoms with van der Waals surface area (Å²) in [4.78, 5) is 1.13. The molecule has 0 atom stereocenters. The molecule has 1 aromatic heterocycles. The van der Waals surface area contributed by atoms with Gasteiger partial charge in [-0.3, -0.25) is 0 Å². The summed E-state index contributed by atoms with van der Waals surface area (Å²) in [6, 6.07) is 2.59. The summed E-state index contributed by atoms with van der Waals surface area (Å²) in [7, 11) is 0. The van der Waals surface area contributed by atoms with Gasteiger partial charge in [-0.05, 0) is 40.7 Å². The van der Waals surface area contributed by atoms with E-state index in [-0.39, 0.29) is 5.41 Å². The molecule has 1 rings (SSSR count). The first-order chi connectivity index (χ1) is 6.87. The second kappa shape index (κ2) is 4.72. The average Bonchev–Trinajstić information content (AvgIpc) is 2.46. The number of thiophene rings is 1. The fraction of sp³-hybridized carbons (Fsp3) is 0.538. The zero-order valence-electron chi connectivity index (χ0n) is 10.1. The summed E-state index contributed by atoms with van der Waals surface area (Å²) in [5.41, 5.74) is 1.25. The molecule has 0 saturated heterocycles. The van der Waals surface area contributed by atoms with E-state index in [4.69, 9.17) is 0 Å². The summed E-state index contributed by atoms with van der Waals surface area (Å²) in [6.45, 7) is 10.7. The number of hydrogen-bond donors (Lipinski definition) is 1. The molecule has 0 aromatic carbocycles. The molecule has 0 fully saturated rings. The third-order valence-corrected chi connectivity index (χ3v) is 2.46. The van der Waals surface area contributed by atoms with Gasteiger partial charge in [0.1, 0.15) is 0 Å². The molecule has 0 aliphatic carbocycles. The molecule has 1 aromatic rings. The molecule has 0 aliphatic rings. The average molecular weight is 221 g/mol. The fourth-order valence-electron chi connectivity index (χ4n) is 1.06. The highest BCUT2D eigenvalue weighted by Crippen LogP contribution is 2.20. The van der Waals surface area contributed by atoms with Crippen molar-refractivity contribution >= 4 is 17.0 Å². The van der Waals surface area contributed by atoms with Gasteiger partial charge in [0.2, 0.25) is 0 Å². The largest absolute Gasteiger partial charge is 0.382 e. The van der Waals surface area contributed by atoms with Crippen molar-refractivity contribution in [2.24, 2.45) is 5.41 Å². The van der Waals surface area contributed by atoms with Gasteiger partial charge in [0.25, 0.3) is 0 Å². The van der Waals surface area contributed by atoms with E-state index >= 15 is 0 Å². The molecule has 0 aliphatic heterocycles. The molecule has 82 valence electrons. The van der Waals surface area contributed by atoms with E-state index in [1.54, 1.807) is 11.3 Å². The third-order valence-electron chi connectivity index (χ3n) is 1.62. The van der Waals surface area contributed by atoms with Gasteiger partial charge in [0.05, 0.1) is 4.88 Å². The minimum absolute atomic E-state index is 0.0790. The van der Waals surface area contributed by atoms with Crippen LogP contribution >= 0.6 is 11.3 Å². The van der Waals surface area contributed by atoms with Crippen molar-refractivity contribution in [3.8, 4) is 11.8 Å². The SMILES string of the molecule is CC(C)Nc1csc(C#CC(C)(C)C)c1. The van der Waals surface area contributed by atoms with Gasteiger partial charge in [-0.1, -0.05) is 11.8 Å². The topological polar surface area (TPSA) is 12.0 Å². The predicted octanol–water partition coefficient (Wildman–Crippen LogP) is 3.97. The summed E-state index contributed by atoms with van der Waals surface area (Å²) in [6.07, 6.45) is 0. The summed E-state index contributed by atoms with van der Waals surface area (Å²) in [5.74, 6) is 6.44. The van der Waals surface area contributed by atoms with E-state index in [2.05, 4.69) is 63.2 Å². The lowest BCUT2D eigenvalue weighted by molar-refractivity contribution is 0.571. The summed E-state index contributed by atoms with van der Waals surface area (Å²) in [5, 5.41) is 5.48. The van der Waals surface area contributed by atoms with Gasteiger partial charge in [-0.25, -0.2) is 0 Å². The van der Waals surface area contributed by atoms with Crippen molar-refractivity contribution in [1.29, 1.82) is 0 Å². The monoisotopic (exact) mass is 221 g/mol. The Kier molecular flexibility index (Phi) is 3.82. The van der Waals surface area contributed by atoms with E-state index in [9.17, 15) is 0 Å². The first kappa shape index (κ1) is 12.1. The van der Waals surface area contributed by atoms with Crippen molar-refractivity contribution in [2.45, 2.75) is 40.7 Å². The molecule has 0 unspecified atom stereocenters. The molecule has 0 saturated carbocycles. The molecule has 1 nitrogen and oxygen atoms in total. The van der Waals surface area contributed by atoms with Gasteiger partial charge < -0.3 is 5.32 Å². The highest BCUT2D eigenvalue weighted by atomic mass is 32.1. The first-order valence-corrected chi connectivity index (χ1v) is 6.13. The van der Waals surface area contributed by atoms with Crippen molar-refractivity contribution in [3.05, 3.63) is 16.3 Å². The van der Waals surface area contributed by atoms with Gasteiger partial charge in [-0.2, -0.15) is 0 Å². The number of anilines is 1. The van der Waals surface area contributed by atoms with Crippen LogP contribution < -0.4 is 5.32 Å². The van der Waals surface area contributed by atoms with Crippen LogP contribution in [0.4, 0.5) is 5.69 Å². The number of nitrogens with one attached hydrogen (secondary N) is 1. The maximum absolute atomic E-state index is 3.36. The molecule has 0 spiro atoms. The second-order valence-corrected chi connectivity index (χ2v) is 5.91. The lowest BCUT2D eigenvalue weighted by Gasteiger charge is -2.06. The molecule has 0 radical (unpaired) electrons. The Morgan fingerprint density at radius 3 is 2.53 bits per heavy atom. The standard InChI is InChI=1S/C13H19NS/c1-10(2)14-11-8-12(15-9-11)6-7-13(3,4)5/h8-10,14H,1-5H3. The molecule has 0 bridgehead atoms. The van der Waals surface area contributed by atoms with Crippen LogP contribution in [0.15, 0.2) is 11.4 Å². The Bertz CT molecular complexity index is 371. The van der Waals surface area contributed by atoms with Crippen LogP contribution in [0.2, 0.25) is 0 Å². The van der Waals surface area contributed by atoms with Gasteiger partial charge in [-0.15, -0.1) is 11.3 Å². The third kappa shape index (κ3) is 4.90. The molecule has 15 heavy (non-hydrogen) atoms. The second-order valence-electron chi connectivity index (χ2n) is 5.00. The quantitative estimate of drug-likeness (QED) is 0.745. The summed E-state index contributed by atoms with van der Waals surface area (Å²) >= 11 is 1.70. The normalized spacial score (nSPS) is 11.1. The molecular weight excluding hydrogens is 202 g/mol. The van der Waals surface area contributed by atoms with Gasteiger partial charge in [0.15, 0.2) is 0 Å². The van der Waals surface area contributed by atoms with Gasteiger partial charge >= 0.3 is 0 Å². The van der Waals surface area contributed by atoms with E-state index in [1.807, 2.05) is 0 Å². The zero-order valence-corrected chi connectivity index (χ0v) is 11.0. The smallest absolute Gasteiger partial charge is 0.0789 e. The first-order valence-electron chi connectivity index (χ1n) is 5.25. The van der Waals surface area contributed by atoms with Crippen LogP contribution in [0.25, 0.3) is 0 Å². The minimum Gasteiger partial charge on any atom is -0.382 e. The molecule has 0 amide bonds. The van der Waals surface area contributed by atoms with E-state index in [0.717, 1.165) is 4.88 Å². The molecule has 1 N–H and O–H groups in total. The predicted molar refractivity (Wildman–Crippen MR) is 69.4 cm³/mol. The van der Waals surface area contributed by atoms with Crippen molar-refractivity contribution in [1.82, 2.24) is 0 Å². The van der Waals surface area contributed by atoms with Crippen LogP contribution in [0.3, 0.4) is 0 Å². The van der Waals surface area contributed by atoms with Crippen LogP contribution in [0, 0.1) is 17.3 Å². The van der Waals surface area contributed by atoms with E-state index < -0.39 is 0 Å². The Hall–Kier alpha value is -0.940. The lowest BCUT2D eigenvalue weighted by Crippen LogP contribution is -2.08. The molecule has 2 heteroatoms. The van der Waals surface area contributed by atoms with E-state index in [0.29, 0.717) is 6.04 Å². The fourth-order valence-corrected chi connectivity index (χ4v) is 1.75. The maximum Gasteiger partial charge on any atom is 0.0789 e. The summed E-state index contributed by atoms with van der Waals surface area (Å²) < 4.78 is 0.